The van der Waals surface area contributed by atoms with Crippen LogP contribution in [0.15, 0.2) is 40.2 Å². The van der Waals surface area contributed by atoms with Crippen LogP contribution >= 0.6 is 0 Å². The molecule has 0 aromatic rings. The van der Waals surface area contributed by atoms with Crippen LogP contribution in [-0.2, 0) is 19.1 Å². The number of quaternary nitrogens is 1. The van der Waals surface area contributed by atoms with Crippen molar-refractivity contribution < 1.29 is 36.1 Å². The Labute approximate surface area is 362 Å². The molecule has 0 N–H and O–H groups in total. The fourth-order valence-corrected chi connectivity index (χ4v) is 16.0. The zero-order valence-corrected chi connectivity index (χ0v) is 39.3. The van der Waals surface area contributed by atoms with Crippen molar-refractivity contribution >= 4 is 23.6 Å². The van der Waals surface area contributed by atoms with Gasteiger partial charge in [-0.15, -0.1) is 0 Å². The third-order valence-electron chi connectivity index (χ3n) is 19.4. The lowest BCUT2D eigenvalue weighted by Gasteiger charge is -2.73. The number of amidine groups is 1. The van der Waals surface area contributed by atoms with Crippen molar-refractivity contribution in [3.05, 3.63) is 35.1 Å². The largest absolute Gasteiger partial charge is 1.00 e. The highest BCUT2D eigenvalue weighted by atomic mass is 35.5. The standard InChI is InChI=1S/C49H76N5O4.ClH/c1-13-54(14-2)30-53-33(6)29-32(5)40(42(53)50-54)43(56)51-25-27-52(28-26-51)44(57)49-22-17-35(31(3)4)41(49)36-15-16-38-46(10)20-19-39(58-34(7)55)45(8,9)37(46)18-21-48(38,12)47(36,11)23-24-49;/h29,35-39,41H,3,13-28,30H2,1-2,4-12H3;1H/q+1;/p-1/t35-,36+,37-,38+,39-,41+,46-,47+,48+,49-;/m0./s1. The van der Waals surface area contributed by atoms with E-state index in [9.17, 15) is 9.59 Å². The van der Waals surface area contributed by atoms with Gasteiger partial charge in [-0.2, -0.15) is 4.59 Å². The SMILES string of the molecule is C=C(C)[C@@H]1CC[C@]2(C(=O)N3CCN(C(=O)C4=C(C)C=C(C)N5C[N+](CC)(CC)N=C45)CC3)CC[C@]3(C)[C@H](CC[C@@H]4[C@@]5(C)CC[C@H](OC(C)=O)C(C)(C)[C@@H]5CC[C@]43C)[C@@H]12.[Cl-]. The predicted molar refractivity (Wildman–Crippen MR) is 230 cm³/mol. The minimum absolute atomic E-state index is 0. The lowest BCUT2D eigenvalue weighted by atomic mass is 9.32. The summed E-state index contributed by atoms with van der Waals surface area (Å²) in [5.74, 6) is 3.35. The van der Waals surface area contributed by atoms with Crippen LogP contribution in [-0.4, -0.2) is 95.0 Å². The highest BCUT2D eigenvalue weighted by Crippen LogP contribution is 2.77. The molecular weight excluding hydrogens is 758 g/mol. The number of carbonyl (C=O) groups is 3. The first-order chi connectivity index (χ1) is 27.2. The fraction of sp³-hybridized carbons (Fsp3) is 0.796. The third kappa shape index (κ3) is 6.28. The Hall–Kier alpha value is -2.65. The first-order valence-electron chi connectivity index (χ1n) is 23.3. The molecule has 8 aliphatic rings. The van der Waals surface area contributed by atoms with Crippen molar-refractivity contribution in [2.75, 3.05) is 45.9 Å². The van der Waals surface area contributed by atoms with Crippen molar-refractivity contribution in [2.45, 2.75) is 146 Å². The van der Waals surface area contributed by atoms with Crippen LogP contribution in [0.1, 0.15) is 140 Å². The van der Waals surface area contributed by atoms with Crippen molar-refractivity contribution in [3.63, 3.8) is 0 Å². The monoisotopic (exact) mass is 834 g/mol. The average Bonchev–Trinajstić information content (AvgIpc) is 3.77. The Kier molecular flexibility index (Phi) is 11.3. The second-order valence-corrected chi connectivity index (χ2v) is 21.9. The van der Waals surface area contributed by atoms with Gasteiger partial charge in [0.1, 0.15) is 19.2 Å². The van der Waals surface area contributed by atoms with Crippen LogP contribution in [0, 0.1) is 56.7 Å². The number of hydrogen-bond acceptors (Lipinski definition) is 6. The summed E-state index contributed by atoms with van der Waals surface area (Å²) in [5, 5.41) is 5.19. The van der Waals surface area contributed by atoms with Crippen LogP contribution in [0.25, 0.3) is 0 Å². The summed E-state index contributed by atoms with van der Waals surface area (Å²) >= 11 is 0. The van der Waals surface area contributed by atoms with Gasteiger partial charge >= 0.3 is 5.97 Å². The van der Waals surface area contributed by atoms with Gasteiger partial charge in [0.15, 0.2) is 6.67 Å². The number of fused-ring (bicyclic) bond motifs is 8. The summed E-state index contributed by atoms with van der Waals surface area (Å²) in [7, 11) is 0. The molecule has 0 radical (unpaired) electrons. The molecule has 0 spiro atoms. The Morgan fingerprint density at radius 1 is 0.831 bits per heavy atom. The molecule has 0 aromatic carbocycles. The Bertz CT molecular complexity index is 1860. The zero-order valence-electron chi connectivity index (χ0n) is 38.5. The quantitative estimate of drug-likeness (QED) is 0.189. The van der Waals surface area contributed by atoms with Gasteiger partial charge < -0.3 is 26.9 Å². The van der Waals surface area contributed by atoms with E-state index >= 15 is 4.79 Å². The predicted octanol–water partition coefficient (Wildman–Crippen LogP) is 5.93. The van der Waals surface area contributed by atoms with E-state index in [2.05, 4.69) is 84.8 Å². The number of carbonyl (C=O) groups excluding carboxylic acids is 3. The molecule has 2 amide bonds. The van der Waals surface area contributed by atoms with E-state index in [1.807, 2.05) is 11.8 Å². The summed E-state index contributed by atoms with van der Waals surface area (Å²) in [6.07, 6.45) is 13.0. The van der Waals surface area contributed by atoms with E-state index in [4.69, 9.17) is 9.84 Å². The molecular formula is C49H76ClN5O4. The first-order valence-corrected chi connectivity index (χ1v) is 23.3. The van der Waals surface area contributed by atoms with Crippen LogP contribution < -0.4 is 12.4 Å². The minimum atomic E-state index is -0.361. The summed E-state index contributed by atoms with van der Waals surface area (Å²) in [5.41, 5.74) is 4.21. The Balaban J connectivity index is 0.00000528. The third-order valence-corrected chi connectivity index (χ3v) is 19.4. The molecule has 5 aliphatic carbocycles. The van der Waals surface area contributed by atoms with E-state index in [0.717, 1.165) is 81.0 Å². The number of halogens is 1. The van der Waals surface area contributed by atoms with Crippen LogP contribution in [0.2, 0.25) is 0 Å². The Morgan fingerprint density at radius 2 is 1.49 bits per heavy atom. The fourth-order valence-electron chi connectivity index (χ4n) is 16.0. The van der Waals surface area contributed by atoms with Crippen LogP contribution in [0.4, 0.5) is 0 Å². The smallest absolute Gasteiger partial charge is 0.302 e. The molecule has 3 heterocycles. The number of hydrogen-bond donors (Lipinski definition) is 0. The minimum Gasteiger partial charge on any atom is -1.00 e. The molecule has 10 atom stereocenters. The number of piperazine rings is 1. The van der Waals surface area contributed by atoms with Crippen molar-refractivity contribution in [1.29, 1.82) is 0 Å². The normalized spacial score (nSPS) is 40.6. The highest BCUT2D eigenvalue weighted by molar-refractivity contribution is 6.22. The van der Waals surface area contributed by atoms with E-state index in [1.165, 1.54) is 31.3 Å². The summed E-state index contributed by atoms with van der Waals surface area (Å²) in [6, 6.07) is 0. The molecule has 6 fully saturated rings. The van der Waals surface area contributed by atoms with Crippen LogP contribution in [0.3, 0.4) is 0 Å². The van der Waals surface area contributed by atoms with E-state index < -0.39 is 0 Å². The van der Waals surface area contributed by atoms with Gasteiger partial charge in [0.05, 0.1) is 11.0 Å². The molecule has 3 aliphatic heterocycles. The van der Waals surface area contributed by atoms with Crippen molar-refractivity contribution in [3.8, 4) is 0 Å². The number of nitrogens with zero attached hydrogens (tertiary/aromatic N) is 5. The summed E-state index contributed by atoms with van der Waals surface area (Å²) in [4.78, 5) is 48.3. The number of rotatable bonds is 6. The molecule has 0 unspecified atom stereocenters. The molecule has 10 heteroatoms. The van der Waals surface area contributed by atoms with E-state index in [1.54, 1.807) is 6.92 Å². The number of esters is 1. The average molecular weight is 835 g/mol. The number of allylic oxidation sites excluding steroid dienone is 4. The maximum Gasteiger partial charge on any atom is 0.302 e. The lowest BCUT2D eigenvalue weighted by Crippen LogP contribution is -3.00. The second kappa shape index (κ2) is 15.0. The molecule has 8 rings (SSSR count). The summed E-state index contributed by atoms with van der Waals surface area (Å²) in [6.45, 7) is 34.4. The zero-order chi connectivity index (χ0) is 42.0. The van der Waals surface area contributed by atoms with Gasteiger partial charge in [0, 0.05) is 44.2 Å². The van der Waals surface area contributed by atoms with Gasteiger partial charge in [-0.3, -0.25) is 19.3 Å². The number of amides is 2. The first kappa shape index (κ1) is 44.4. The van der Waals surface area contributed by atoms with Gasteiger partial charge in [-0.05, 0) is 156 Å². The van der Waals surface area contributed by atoms with Crippen molar-refractivity contribution in [1.82, 2.24) is 14.7 Å². The second-order valence-electron chi connectivity index (χ2n) is 21.9. The molecule has 5 saturated carbocycles. The molecule has 328 valence electrons. The summed E-state index contributed by atoms with van der Waals surface area (Å²) < 4.78 is 6.61. The van der Waals surface area contributed by atoms with E-state index in [-0.39, 0.29) is 57.5 Å². The molecule has 1 saturated heterocycles. The maximum absolute atomic E-state index is 15.3. The van der Waals surface area contributed by atoms with Gasteiger partial charge in [-0.25, -0.2) is 0 Å². The molecule has 9 nitrogen and oxygen atoms in total. The number of ether oxygens (including phenoxy) is 1. The highest BCUT2D eigenvalue weighted by Gasteiger charge is 2.72. The van der Waals surface area contributed by atoms with Gasteiger partial charge in [0.2, 0.25) is 11.7 Å². The molecule has 0 aromatic heterocycles. The lowest BCUT2D eigenvalue weighted by molar-refractivity contribution is -0.931. The topological polar surface area (TPSA) is 82.5 Å². The maximum atomic E-state index is 15.3. The molecule has 59 heavy (non-hydrogen) atoms. The van der Waals surface area contributed by atoms with E-state index in [0.29, 0.717) is 66.3 Å². The van der Waals surface area contributed by atoms with Crippen molar-refractivity contribution in [2.24, 2.45) is 61.8 Å². The van der Waals surface area contributed by atoms with Crippen LogP contribution in [0.5, 0.6) is 0 Å². The molecule has 0 bridgehead atoms. The Morgan fingerprint density at radius 3 is 2.12 bits per heavy atom. The van der Waals surface area contributed by atoms with Gasteiger partial charge in [-0.1, -0.05) is 51.9 Å². The van der Waals surface area contributed by atoms with Gasteiger partial charge in [0.25, 0.3) is 5.91 Å².